The lowest BCUT2D eigenvalue weighted by atomic mass is 10.2. The molecule has 0 aliphatic carbocycles. The lowest BCUT2D eigenvalue weighted by molar-refractivity contribution is 0.318. The molecule has 1 aromatic carbocycles. The van der Waals surface area contributed by atoms with Crippen molar-refractivity contribution in [3.8, 4) is 11.5 Å². The van der Waals surface area contributed by atoms with Gasteiger partial charge in [0.15, 0.2) is 5.84 Å². The van der Waals surface area contributed by atoms with Crippen LogP contribution in [0.4, 0.5) is 0 Å². The first-order valence-electron chi connectivity index (χ1n) is 5.16. The Labute approximate surface area is 122 Å². The van der Waals surface area contributed by atoms with Gasteiger partial charge in [-0.3, -0.25) is 4.98 Å². The number of hydrogen-bond acceptors (Lipinski definition) is 4. The number of ether oxygens (including phenoxy) is 1. The minimum Gasteiger partial charge on any atom is -0.455 e. The Kier molecular flexibility index (Phi) is 4.24. The smallest absolute Gasteiger partial charge is 0.175 e. The number of pyridine rings is 1. The van der Waals surface area contributed by atoms with Crippen LogP contribution in [-0.4, -0.2) is 16.0 Å². The summed E-state index contributed by atoms with van der Waals surface area (Å²) in [5.74, 6) is 0.823. The predicted octanol–water partition coefficient (Wildman–Crippen LogP) is 3.38. The number of nitrogens with two attached hydrogens (primary N) is 1. The van der Waals surface area contributed by atoms with E-state index >= 15 is 0 Å². The second-order valence-corrected chi connectivity index (χ2v) is 4.83. The van der Waals surface area contributed by atoms with Gasteiger partial charge in [-0.05, 0) is 28.1 Å². The molecule has 19 heavy (non-hydrogen) atoms. The Hall–Kier alpha value is -1.79. The topological polar surface area (TPSA) is 80.7 Å². The molecule has 98 valence electrons. The molecule has 0 aliphatic heterocycles. The van der Waals surface area contributed by atoms with Crippen LogP contribution in [0, 0.1) is 0 Å². The van der Waals surface area contributed by atoms with Crippen molar-refractivity contribution in [3.63, 3.8) is 0 Å². The van der Waals surface area contributed by atoms with Crippen LogP contribution >= 0.6 is 27.5 Å². The molecule has 7 heteroatoms. The standard InChI is InChI=1S/C12H9BrClN3O2/c13-9-2-1-3-10(11(9)12(15)17-18)19-8-4-7(14)5-16-6-8/h1-6,18H,(H2,15,17). The fourth-order valence-corrected chi connectivity index (χ4v) is 2.18. The van der Waals surface area contributed by atoms with Crippen molar-refractivity contribution < 1.29 is 9.94 Å². The van der Waals surface area contributed by atoms with Crippen molar-refractivity contribution >= 4 is 33.4 Å². The van der Waals surface area contributed by atoms with E-state index in [2.05, 4.69) is 26.1 Å². The number of oxime groups is 1. The number of hydrogen-bond donors (Lipinski definition) is 2. The van der Waals surface area contributed by atoms with E-state index in [9.17, 15) is 0 Å². The number of nitrogens with zero attached hydrogens (tertiary/aromatic N) is 2. The molecular formula is C12H9BrClN3O2. The first-order valence-corrected chi connectivity index (χ1v) is 6.33. The van der Waals surface area contributed by atoms with Crippen molar-refractivity contribution in [1.82, 2.24) is 4.98 Å². The minimum atomic E-state index is -0.0579. The van der Waals surface area contributed by atoms with Gasteiger partial charge in [-0.2, -0.15) is 0 Å². The van der Waals surface area contributed by atoms with E-state index in [1.807, 2.05) is 0 Å². The normalized spacial score (nSPS) is 11.4. The number of rotatable bonds is 3. The zero-order valence-corrected chi connectivity index (χ0v) is 11.9. The van der Waals surface area contributed by atoms with E-state index in [1.54, 1.807) is 24.3 Å². The molecular weight excluding hydrogens is 334 g/mol. The third-order valence-corrected chi connectivity index (χ3v) is 3.11. The molecule has 1 heterocycles. The van der Waals surface area contributed by atoms with Gasteiger partial charge >= 0.3 is 0 Å². The Balaban J connectivity index is 2.43. The van der Waals surface area contributed by atoms with Gasteiger partial charge in [0.2, 0.25) is 0 Å². The van der Waals surface area contributed by atoms with Crippen molar-refractivity contribution in [2.24, 2.45) is 10.9 Å². The molecule has 0 aliphatic rings. The van der Waals surface area contributed by atoms with E-state index in [0.29, 0.717) is 26.6 Å². The van der Waals surface area contributed by atoms with Crippen LogP contribution < -0.4 is 10.5 Å². The van der Waals surface area contributed by atoms with E-state index in [0.717, 1.165) is 0 Å². The Morgan fingerprint density at radius 1 is 1.42 bits per heavy atom. The lowest BCUT2D eigenvalue weighted by Gasteiger charge is -2.11. The summed E-state index contributed by atoms with van der Waals surface area (Å²) in [4.78, 5) is 3.92. The summed E-state index contributed by atoms with van der Waals surface area (Å²) < 4.78 is 6.29. The molecule has 0 bridgehead atoms. The Bertz CT molecular complexity index is 634. The largest absolute Gasteiger partial charge is 0.455 e. The molecule has 3 N–H and O–H groups in total. The molecule has 5 nitrogen and oxygen atoms in total. The minimum absolute atomic E-state index is 0.0579. The monoisotopic (exact) mass is 341 g/mol. The second kappa shape index (κ2) is 5.90. The van der Waals surface area contributed by atoms with Crippen LogP contribution in [0.15, 0.2) is 46.3 Å². The van der Waals surface area contributed by atoms with E-state index < -0.39 is 0 Å². The van der Waals surface area contributed by atoms with Gasteiger partial charge in [-0.1, -0.05) is 22.8 Å². The highest BCUT2D eigenvalue weighted by Gasteiger charge is 2.13. The zero-order chi connectivity index (χ0) is 13.8. The maximum atomic E-state index is 8.80. The predicted molar refractivity (Wildman–Crippen MR) is 76.0 cm³/mol. The van der Waals surface area contributed by atoms with E-state index in [1.165, 1.54) is 12.4 Å². The van der Waals surface area contributed by atoms with Crippen molar-refractivity contribution in [1.29, 1.82) is 0 Å². The number of amidine groups is 1. The van der Waals surface area contributed by atoms with Gasteiger partial charge in [0.05, 0.1) is 16.8 Å². The lowest BCUT2D eigenvalue weighted by Crippen LogP contribution is -2.15. The highest BCUT2D eigenvalue weighted by Crippen LogP contribution is 2.31. The number of benzene rings is 1. The molecule has 0 saturated carbocycles. The van der Waals surface area contributed by atoms with Crippen LogP contribution in [0.3, 0.4) is 0 Å². The zero-order valence-electron chi connectivity index (χ0n) is 9.55. The van der Waals surface area contributed by atoms with Crippen molar-refractivity contribution in [2.45, 2.75) is 0 Å². The van der Waals surface area contributed by atoms with Crippen LogP contribution in [0.1, 0.15) is 5.56 Å². The molecule has 2 rings (SSSR count). The first kappa shape index (κ1) is 13.6. The molecule has 0 spiro atoms. The van der Waals surface area contributed by atoms with Gasteiger partial charge in [0.25, 0.3) is 0 Å². The average Bonchev–Trinajstić information content (AvgIpc) is 2.38. The summed E-state index contributed by atoms with van der Waals surface area (Å²) in [5, 5.41) is 12.2. The second-order valence-electron chi connectivity index (χ2n) is 3.54. The van der Waals surface area contributed by atoms with Gasteiger partial charge in [0, 0.05) is 16.7 Å². The SMILES string of the molecule is N/C(=N/O)c1c(Br)cccc1Oc1cncc(Cl)c1. The van der Waals surface area contributed by atoms with Crippen molar-refractivity contribution in [3.05, 3.63) is 51.7 Å². The molecule has 0 saturated heterocycles. The molecule has 0 atom stereocenters. The Morgan fingerprint density at radius 3 is 2.89 bits per heavy atom. The summed E-state index contributed by atoms with van der Waals surface area (Å²) in [6.45, 7) is 0. The Morgan fingerprint density at radius 2 is 2.21 bits per heavy atom. The van der Waals surface area contributed by atoms with E-state index in [-0.39, 0.29) is 5.84 Å². The van der Waals surface area contributed by atoms with E-state index in [4.69, 9.17) is 27.3 Å². The summed E-state index contributed by atoms with van der Waals surface area (Å²) >= 11 is 9.15. The highest BCUT2D eigenvalue weighted by molar-refractivity contribution is 9.10. The fourth-order valence-electron chi connectivity index (χ4n) is 1.46. The maximum absolute atomic E-state index is 8.80. The molecule has 0 unspecified atom stereocenters. The van der Waals surface area contributed by atoms with Crippen molar-refractivity contribution in [2.75, 3.05) is 0 Å². The molecule has 0 fully saturated rings. The first-order chi connectivity index (χ1) is 9.11. The third kappa shape index (κ3) is 3.15. The average molecular weight is 343 g/mol. The molecule has 0 radical (unpaired) electrons. The molecule has 0 amide bonds. The highest BCUT2D eigenvalue weighted by atomic mass is 79.9. The van der Waals surface area contributed by atoms with Gasteiger partial charge in [-0.15, -0.1) is 0 Å². The number of halogens is 2. The molecule has 1 aromatic heterocycles. The fraction of sp³-hybridized carbons (Fsp3) is 0. The quantitative estimate of drug-likeness (QED) is 0.388. The van der Waals surface area contributed by atoms with Gasteiger partial charge < -0.3 is 15.7 Å². The van der Waals surface area contributed by atoms with Crippen LogP contribution in [0.25, 0.3) is 0 Å². The van der Waals surface area contributed by atoms with Crippen LogP contribution in [0.2, 0.25) is 5.02 Å². The third-order valence-electron chi connectivity index (χ3n) is 2.25. The maximum Gasteiger partial charge on any atom is 0.175 e. The summed E-state index contributed by atoms with van der Waals surface area (Å²) in [7, 11) is 0. The van der Waals surface area contributed by atoms with Gasteiger partial charge in [0.1, 0.15) is 11.5 Å². The number of aromatic nitrogens is 1. The summed E-state index contributed by atoms with van der Waals surface area (Å²) in [5.41, 5.74) is 6.08. The molecule has 2 aromatic rings. The van der Waals surface area contributed by atoms with Crippen LogP contribution in [0.5, 0.6) is 11.5 Å². The summed E-state index contributed by atoms with van der Waals surface area (Å²) in [6, 6.07) is 6.84. The summed E-state index contributed by atoms with van der Waals surface area (Å²) in [6.07, 6.45) is 3.02. The van der Waals surface area contributed by atoms with Crippen LogP contribution in [-0.2, 0) is 0 Å². The van der Waals surface area contributed by atoms with Gasteiger partial charge in [-0.25, -0.2) is 0 Å².